The van der Waals surface area contributed by atoms with Crippen molar-refractivity contribution in [3.05, 3.63) is 0 Å². The molecule has 2 aliphatic rings. The lowest BCUT2D eigenvalue weighted by Crippen LogP contribution is -2.53. The molecule has 2 heterocycles. The number of thioether (sulfide) groups is 1. The van der Waals surface area contributed by atoms with Gasteiger partial charge in [0, 0.05) is 43.8 Å². The zero-order chi connectivity index (χ0) is 13.2. The molecule has 0 spiro atoms. The van der Waals surface area contributed by atoms with Crippen LogP contribution in [0.2, 0.25) is 0 Å². The molecule has 0 saturated carbocycles. The Labute approximate surface area is 114 Å². The molecule has 0 amide bonds. The van der Waals surface area contributed by atoms with Crippen LogP contribution in [-0.2, 0) is 10.2 Å². The summed E-state index contributed by atoms with van der Waals surface area (Å²) in [6, 6.07) is 0.0873. The van der Waals surface area contributed by atoms with Crippen molar-refractivity contribution in [2.24, 2.45) is 5.92 Å². The molecular weight excluding hydrogens is 272 g/mol. The molecule has 1 unspecified atom stereocenters. The first-order valence-electron chi connectivity index (χ1n) is 6.51. The van der Waals surface area contributed by atoms with Crippen LogP contribution in [-0.4, -0.2) is 65.9 Å². The Morgan fingerprint density at radius 2 is 1.94 bits per heavy atom. The van der Waals surface area contributed by atoms with Gasteiger partial charge in [-0.1, -0.05) is 0 Å². The second-order valence-corrected chi connectivity index (χ2v) is 8.10. The zero-order valence-corrected chi connectivity index (χ0v) is 12.4. The molecule has 0 aromatic rings. The van der Waals surface area contributed by atoms with Crippen LogP contribution in [0.4, 0.5) is 0 Å². The molecule has 1 N–H and O–H groups in total. The highest BCUT2D eigenvalue weighted by Gasteiger charge is 2.36. The smallest absolute Gasteiger partial charge is 0.282 e. The van der Waals surface area contributed by atoms with Crippen LogP contribution in [0.3, 0.4) is 0 Å². The summed E-state index contributed by atoms with van der Waals surface area (Å²) in [6.07, 6.45) is 1.54. The van der Waals surface area contributed by atoms with Crippen LogP contribution in [0.5, 0.6) is 0 Å². The molecule has 5 nitrogen and oxygen atoms in total. The summed E-state index contributed by atoms with van der Waals surface area (Å²) in [5.74, 6) is 2.04. The average molecular weight is 294 g/mol. The van der Waals surface area contributed by atoms with Gasteiger partial charge in [0.15, 0.2) is 0 Å². The van der Waals surface area contributed by atoms with E-state index in [0.717, 1.165) is 24.3 Å². The van der Waals surface area contributed by atoms with Crippen molar-refractivity contribution >= 4 is 22.0 Å². The third-order valence-electron chi connectivity index (χ3n) is 3.76. The van der Waals surface area contributed by atoms with Gasteiger partial charge in [0.25, 0.3) is 10.2 Å². The van der Waals surface area contributed by atoms with Crippen molar-refractivity contribution in [2.45, 2.75) is 25.8 Å². The Morgan fingerprint density at radius 3 is 2.50 bits per heavy atom. The fourth-order valence-electron chi connectivity index (χ4n) is 2.53. The third kappa shape index (κ3) is 3.01. The second kappa shape index (κ2) is 6.09. The Morgan fingerprint density at radius 1 is 1.28 bits per heavy atom. The van der Waals surface area contributed by atoms with Gasteiger partial charge in [0.1, 0.15) is 0 Å². The maximum Gasteiger partial charge on any atom is 0.282 e. The Kier molecular flexibility index (Phi) is 4.93. The minimum absolute atomic E-state index is 0.0873. The summed E-state index contributed by atoms with van der Waals surface area (Å²) >= 11 is 1.82. The van der Waals surface area contributed by atoms with E-state index >= 15 is 0 Å². The second-order valence-electron chi connectivity index (χ2n) is 5.07. The summed E-state index contributed by atoms with van der Waals surface area (Å²) in [6.45, 7) is 3.86. The summed E-state index contributed by atoms with van der Waals surface area (Å²) in [5, 5.41) is 9.09. The van der Waals surface area contributed by atoms with Crippen LogP contribution in [0.1, 0.15) is 19.8 Å². The minimum Gasteiger partial charge on any atom is -0.396 e. The topological polar surface area (TPSA) is 60.9 Å². The highest BCUT2D eigenvalue weighted by atomic mass is 32.2. The zero-order valence-electron chi connectivity index (χ0n) is 10.8. The van der Waals surface area contributed by atoms with Gasteiger partial charge in [0.05, 0.1) is 0 Å². The summed E-state index contributed by atoms with van der Waals surface area (Å²) in [5.41, 5.74) is 0. The maximum atomic E-state index is 12.5. The first-order valence-corrected chi connectivity index (χ1v) is 9.06. The first-order chi connectivity index (χ1) is 8.55. The number of hydrogen-bond acceptors (Lipinski definition) is 4. The van der Waals surface area contributed by atoms with Gasteiger partial charge in [-0.15, -0.1) is 0 Å². The molecule has 0 aromatic carbocycles. The number of piperidine rings is 1. The van der Waals surface area contributed by atoms with Gasteiger partial charge in [-0.25, -0.2) is 0 Å². The number of nitrogens with zero attached hydrogens (tertiary/aromatic N) is 2. The average Bonchev–Trinajstić information content (AvgIpc) is 2.39. The number of hydrogen-bond donors (Lipinski definition) is 1. The lowest BCUT2D eigenvalue weighted by Gasteiger charge is -2.38. The lowest BCUT2D eigenvalue weighted by atomic mass is 10.00. The standard InChI is InChI=1S/C11H22N2O3S2/c1-10-9-17-7-6-13(10)18(15,16)12-4-2-11(8-14)3-5-12/h10-11,14H,2-9H2,1H3. The molecule has 0 bridgehead atoms. The van der Waals surface area contributed by atoms with Gasteiger partial charge >= 0.3 is 0 Å². The van der Waals surface area contributed by atoms with Gasteiger partial charge < -0.3 is 5.11 Å². The van der Waals surface area contributed by atoms with E-state index in [1.54, 1.807) is 8.61 Å². The van der Waals surface area contributed by atoms with Gasteiger partial charge in [0.2, 0.25) is 0 Å². The van der Waals surface area contributed by atoms with E-state index in [-0.39, 0.29) is 18.6 Å². The van der Waals surface area contributed by atoms with Gasteiger partial charge in [-0.05, 0) is 25.7 Å². The Balaban J connectivity index is 2.02. The molecule has 2 saturated heterocycles. The van der Waals surface area contributed by atoms with E-state index in [1.165, 1.54) is 0 Å². The monoisotopic (exact) mass is 294 g/mol. The van der Waals surface area contributed by atoms with Crippen molar-refractivity contribution in [2.75, 3.05) is 37.7 Å². The van der Waals surface area contributed by atoms with Crippen molar-refractivity contribution in [1.29, 1.82) is 0 Å². The predicted molar refractivity (Wildman–Crippen MR) is 73.8 cm³/mol. The van der Waals surface area contributed by atoms with E-state index in [0.29, 0.717) is 19.6 Å². The molecule has 2 aliphatic heterocycles. The quantitative estimate of drug-likeness (QED) is 0.817. The van der Waals surface area contributed by atoms with Crippen molar-refractivity contribution in [1.82, 2.24) is 8.61 Å². The van der Waals surface area contributed by atoms with Crippen LogP contribution in [0.15, 0.2) is 0 Å². The van der Waals surface area contributed by atoms with E-state index in [1.807, 2.05) is 18.7 Å². The molecule has 18 heavy (non-hydrogen) atoms. The van der Waals surface area contributed by atoms with Gasteiger partial charge in [-0.2, -0.15) is 28.8 Å². The minimum atomic E-state index is -3.29. The van der Waals surface area contributed by atoms with Crippen LogP contribution < -0.4 is 0 Å². The molecule has 7 heteroatoms. The fourth-order valence-corrected chi connectivity index (χ4v) is 5.57. The van der Waals surface area contributed by atoms with Crippen LogP contribution in [0, 0.1) is 5.92 Å². The van der Waals surface area contributed by atoms with Crippen molar-refractivity contribution < 1.29 is 13.5 Å². The van der Waals surface area contributed by atoms with E-state index in [9.17, 15) is 8.42 Å². The molecule has 0 radical (unpaired) electrons. The van der Waals surface area contributed by atoms with Gasteiger partial charge in [-0.3, -0.25) is 0 Å². The molecule has 0 aromatic heterocycles. The first kappa shape index (κ1) is 14.6. The van der Waals surface area contributed by atoms with E-state index in [2.05, 4.69) is 0 Å². The SMILES string of the molecule is CC1CSCCN1S(=O)(=O)N1CCC(CO)CC1. The lowest BCUT2D eigenvalue weighted by molar-refractivity contribution is 0.165. The highest BCUT2D eigenvalue weighted by molar-refractivity contribution is 7.99. The molecular formula is C11H22N2O3S2. The Bertz CT molecular complexity index is 366. The molecule has 0 aliphatic carbocycles. The summed E-state index contributed by atoms with van der Waals surface area (Å²) < 4.78 is 28.3. The molecule has 106 valence electrons. The Hall–Kier alpha value is 0.180. The normalized spacial score (nSPS) is 29.6. The number of aliphatic hydroxyl groups excluding tert-OH is 1. The van der Waals surface area contributed by atoms with Crippen LogP contribution in [0.25, 0.3) is 0 Å². The largest absolute Gasteiger partial charge is 0.396 e. The molecule has 2 rings (SSSR count). The van der Waals surface area contributed by atoms with Crippen molar-refractivity contribution in [3.8, 4) is 0 Å². The van der Waals surface area contributed by atoms with E-state index < -0.39 is 10.2 Å². The number of rotatable bonds is 3. The summed E-state index contributed by atoms with van der Waals surface area (Å²) in [4.78, 5) is 0. The third-order valence-corrected chi connectivity index (χ3v) is 7.10. The van der Waals surface area contributed by atoms with Crippen molar-refractivity contribution in [3.63, 3.8) is 0 Å². The number of aliphatic hydroxyl groups is 1. The highest BCUT2D eigenvalue weighted by Crippen LogP contribution is 2.25. The van der Waals surface area contributed by atoms with E-state index in [4.69, 9.17) is 5.11 Å². The molecule has 1 atom stereocenters. The van der Waals surface area contributed by atoms with Crippen LogP contribution >= 0.6 is 11.8 Å². The fraction of sp³-hybridized carbons (Fsp3) is 1.00. The predicted octanol–water partition coefficient (Wildman–Crippen LogP) is 0.373. The maximum absolute atomic E-state index is 12.5. The molecule has 2 fully saturated rings. The summed E-state index contributed by atoms with van der Waals surface area (Å²) in [7, 11) is -3.29.